The Labute approximate surface area is 392 Å². The Morgan fingerprint density at radius 1 is 0.552 bits per heavy atom. The van der Waals surface area contributed by atoms with Gasteiger partial charge in [0.15, 0.2) is 0 Å². The Balaban J connectivity index is 0.000000662. The van der Waals surface area contributed by atoms with Crippen molar-refractivity contribution in [2.75, 3.05) is 10.6 Å². The maximum Gasteiger partial charge on any atom is 3.00 e. The molecule has 0 saturated carbocycles. The quantitative estimate of drug-likeness (QED) is 0.0428. The first-order chi connectivity index (χ1) is 31.0. The summed E-state index contributed by atoms with van der Waals surface area (Å²) in [5.74, 6) is -5.49. The fraction of sp³-hybridized carbons (Fsp3) is 0.0500. The summed E-state index contributed by atoms with van der Waals surface area (Å²) in [7, 11) is -10.3. The van der Waals surface area contributed by atoms with Gasteiger partial charge in [-0.15, -0.1) is 21.7 Å². The van der Waals surface area contributed by atoms with E-state index in [0.29, 0.717) is 23.5 Å². The maximum absolute atomic E-state index is 12.5. The summed E-state index contributed by atoms with van der Waals surface area (Å²) in [6, 6.07) is 22.8. The number of allylic oxidation sites excluding steroid dienone is 2. The number of rotatable bonds is 12. The van der Waals surface area contributed by atoms with Crippen LogP contribution in [0.15, 0.2) is 162 Å². The van der Waals surface area contributed by atoms with Crippen LogP contribution in [0.3, 0.4) is 0 Å². The molecule has 0 aliphatic carbocycles. The molecule has 0 atom stereocenters. The number of azo groups is 2. The SMILES string of the molecule is CC([O-])=C(N=Nc1c([O-])cc(S(=O)(=O)[O-])c2cc([N+](=O)[O-])ccc12)C(=O)Nc1ccccc1.CC([O-])=C(N=Nc1c([O-])cc(S(=O)(=O)[O-])c2cc([N+](=O)[O-])ccc12)C(=O)Nc1ccccc1.[Cr+3].[H+].[H+].[H+]. The van der Waals surface area contributed by atoms with Crippen LogP contribution in [0.2, 0.25) is 0 Å². The molecule has 0 fully saturated rings. The molecule has 67 heavy (non-hydrogen) atoms. The Kier molecular flexibility index (Phi) is 16.3. The van der Waals surface area contributed by atoms with Crippen LogP contribution in [0.5, 0.6) is 11.5 Å². The molecular weight excluding hydrogens is 965 g/mol. The molecule has 0 spiro atoms. The van der Waals surface area contributed by atoms with Crippen LogP contribution < -0.4 is 31.1 Å². The number of amides is 2. The maximum atomic E-state index is 12.5. The van der Waals surface area contributed by atoms with Gasteiger partial charge in [-0.25, -0.2) is 16.8 Å². The number of carbonyl (C=O) groups excluding carboxylic acids is 2. The van der Waals surface area contributed by atoms with E-state index in [0.717, 1.165) is 50.2 Å². The van der Waals surface area contributed by atoms with Crippen molar-refractivity contribution in [3.63, 3.8) is 0 Å². The predicted molar refractivity (Wildman–Crippen MR) is 224 cm³/mol. The average Bonchev–Trinajstić information content (AvgIpc) is 3.24. The summed E-state index contributed by atoms with van der Waals surface area (Å²) in [6.45, 7) is 2.09. The zero-order valence-corrected chi connectivity index (χ0v) is 36.7. The number of carbonyl (C=O) groups is 2. The number of hydrogen-bond acceptors (Lipinski definition) is 20. The van der Waals surface area contributed by atoms with E-state index in [1.165, 1.54) is 0 Å². The number of benzene rings is 6. The van der Waals surface area contributed by atoms with Crippen LogP contribution >= 0.6 is 0 Å². The van der Waals surface area contributed by atoms with Gasteiger partial charge < -0.3 is 40.2 Å². The number of nitro groups is 2. The molecule has 0 aliphatic rings. The minimum atomic E-state index is -5.17. The van der Waals surface area contributed by atoms with E-state index < -0.39 is 120 Å². The molecule has 6 aromatic carbocycles. The van der Waals surface area contributed by atoms with Crippen molar-refractivity contribution in [2.45, 2.75) is 23.6 Å². The van der Waals surface area contributed by atoms with Crippen LogP contribution in [-0.4, -0.2) is 47.6 Å². The van der Waals surface area contributed by atoms with Crippen LogP contribution in [-0.2, 0) is 47.2 Å². The molecule has 1 radical (unpaired) electrons. The summed E-state index contributed by atoms with van der Waals surface area (Å²) in [5.41, 5.74) is -2.69. The van der Waals surface area contributed by atoms with E-state index >= 15 is 0 Å². The number of nitrogens with one attached hydrogen (secondary N) is 2. The van der Waals surface area contributed by atoms with E-state index in [4.69, 9.17) is 0 Å². The number of nitrogens with zero attached hydrogens (tertiary/aromatic N) is 6. The molecule has 0 aliphatic heterocycles. The van der Waals surface area contributed by atoms with Crippen molar-refractivity contribution >= 4 is 87.7 Å². The molecular formula is C40H29CrN8O16S2. The van der Waals surface area contributed by atoms with E-state index in [1.54, 1.807) is 60.7 Å². The molecule has 0 heterocycles. The molecule has 2 amide bonds. The molecule has 0 unspecified atom stereocenters. The van der Waals surface area contributed by atoms with Gasteiger partial charge in [0.1, 0.15) is 31.6 Å². The normalized spacial score (nSPS) is 12.4. The Bertz CT molecular complexity index is 3110. The minimum Gasteiger partial charge on any atom is -0.874 e. The van der Waals surface area contributed by atoms with Gasteiger partial charge in [-0.1, -0.05) is 61.7 Å². The van der Waals surface area contributed by atoms with Crippen molar-refractivity contribution in [2.24, 2.45) is 20.5 Å². The third kappa shape index (κ3) is 12.5. The first-order valence-electron chi connectivity index (χ1n) is 18.1. The second-order valence-corrected chi connectivity index (χ2v) is 15.9. The van der Waals surface area contributed by atoms with Crippen LogP contribution in [0.25, 0.3) is 21.5 Å². The van der Waals surface area contributed by atoms with Crippen LogP contribution in [0.1, 0.15) is 18.1 Å². The minimum absolute atomic E-state index is 0. The van der Waals surface area contributed by atoms with Crippen LogP contribution in [0, 0.1) is 20.2 Å². The van der Waals surface area contributed by atoms with Crippen molar-refractivity contribution in [3.05, 3.63) is 152 Å². The van der Waals surface area contributed by atoms with Crippen molar-refractivity contribution in [1.29, 1.82) is 0 Å². The molecule has 6 aromatic rings. The smallest absolute Gasteiger partial charge is 0.874 e. The second-order valence-electron chi connectivity index (χ2n) is 13.2. The average molecular weight is 994 g/mol. The molecule has 6 rings (SSSR count). The Morgan fingerprint density at radius 3 is 1.16 bits per heavy atom. The third-order valence-electron chi connectivity index (χ3n) is 8.66. The fourth-order valence-electron chi connectivity index (χ4n) is 5.70. The van der Waals surface area contributed by atoms with Gasteiger partial charge in [-0.2, -0.15) is 10.2 Å². The van der Waals surface area contributed by atoms with E-state index in [-0.39, 0.29) is 32.4 Å². The number of hydrogen-bond donors (Lipinski definition) is 2. The Hall–Kier alpha value is -8.19. The third-order valence-corrected chi connectivity index (χ3v) is 10.4. The fourth-order valence-corrected chi connectivity index (χ4v) is 7.08. The predicted octanol–water partition coefficient (Wildman–Crippen LogP) is 4.41. The topological polar surface area (TPSA) is 401 Å². The first-order valence-corrected chi connectivity index (χ1v) is 20.9. The summed E-state index contributed by atoms with van der Waals surface area (Å²) < 4.78 is 69.5. The largest absolute Gasteiger partial charge is 3.00 e. The van der Waals surface area contributed by atoms with Gasteiger partial charge in [-0.05, 0) is 48.5 Å². The number of anilines is 2. The number of fused-ring (bicyclic) bond motifs is 2. The molecule has 24 nitrogen and oxygen atoms in total. The zero-order chi connectivity index (χ0) is 48.7. The summed E-state index contributed by atoms with van der Waals surface area (Å²) in [4.78, 5) is 43.4. The summed E-state index contributed by atoms with van der Waals surface area (Å²) in [6.07, 6.45) is 0. The van der Waals surface area contributed by atoms with E-state index in [9.17, 15) is 76.2 Å². The molecule has 0 saturated heterocycles. The van der Waals surface area contributed by atoms with Gasteiger partial charge in [0, 0.05) is 57.2 Å². The summed E-state index contributed by atoms with van der Waals surface area (Å²) >= 11 is 0. The molecule has 343 valence electrons. The molecule has 2 N–H and O–H groups in total. The first kappa shape index (κ1) is 51.4. The van der Waals surface area contributed by atoms with Gasteiger partial charge in [0.05, 0.1) is 31.0 Å². The van der Waals surface area contributed by atoms with Crippen molar-refractivity contribution in [1.82, 2.24) is 0 Å². The number of para-hydroxylation sites is 2. The molecule has 0 aromatic heterocycles. The zero-order valence-electron chi connectivity index (χ0n) is 36.8. The molecule has 0 bridgehead atoms. The van der Waals surface area contributed by atoms with Gasteiger partial charge in [0.25, 0.3) is 23.2 Å². The van der Waals surface area contributed by atoms with Crippen molar-refractivity contribution in [3.8, 4) is 11.5 Å². The number of nitro benzene ring substituents is 2. The molecule has 27 heteroatoms. The second kappa shape index (κ2) is 21.2. The monoisotopic (exact) mass is 993 g/mol. The van der Waals surface area contributed by atoms with E-state index in [2.05, 4.69) is 31.1 Å². The standard InChI is InChI=1S/2C20H16N4O8S.Cr/c2*1-11(25)18(20(27)21-12-5-3-2-4-6-12)22-23-19-14-8-7-13(24(28)29)9-15(14)17(10-16(19)26)33(30,31)32;/h2*2-10,25-26H,1H3,(H,21,27)(H,30,31,32);/q;;+3/p-3. The van der Waals surface area contributed by atoms with Gasteiger partial charge in [-0.3, -0.25) is 29.8 Å². The number of non-ortho nitro benzene ring substituents is 2. The van der Waals surface area contributed by atoms with Crippen LogP contribution in [0.4, 0.5) is 34.1 Å². The van der Waals surface area contributed by atoms with Gasteiger partial charge in [0.2, 0.25) is 0 Å². The summed E-state index contributed by atoms with van der Waals surface area (Å²) in [5, 5.41) is 88.9. The van der Waals surface area contributed by atoms with Crippen molar-refractivity contribution < 1.29 is 87.4 Å². The van der Waals surface area contributed by atoms with Gasteiger partial charge >= 0.3 is 21.6 Å². The Morgan fingerprint density at radius 2 is 0.881 bits per heavy atom. The van der Waals surface area contributed by atoms with E-state index in [1.807, 2.05) is 0 Å².